The lowest BCUT2D eigenvalue weighted by atomic mass is 10.0. The lowest BCUT2D eigenvalue weighted by molar-refractivity contribution is -0.141. The van der Waals surface area contributed by atoms with E-state index >= 15 is 0 Å². The van der Waals surface area contributed by atoms with Crippen molar-refractivity contribution in [2.45, 2.75) is 19.3 Å². The van der Waals surface area contributed by atoms with Crippen LogP contribution < -0.4 is 10.1 Å². The van der Waals surface area contributed by atoms with E-state index in [1.165, 1.54) is 24.3 Å². The summed E-state index contributed by atoms with van der Waals surface area (Å²) in [5.41, 5.74) is 0. The summed E-state index contributed by atoms with van der Waals surface area (Å²) < 4.78 is 18.0. The topological polar surface area (TPSA) is 75.6 Å². The number of halogens is 1. The lowest BCUT2D eigenvalue weighted by Gasteiger charge is -2.11. The number of ether oxygens (including phenoxy) is 1. The summed E-state index contributed by atoms with van der Waals surface area (Å²) in [7, 11) is 0. The summed E-state index contributed by atoms with van der Waals surface area (Å²) in [6, 6.07) is 5.65. The molecule has 0 saturated heterocycles. The van der Waals surface area contributed by atoms with Crippen LogP contribution in [0.25, 0.3) is 0 Å². The number of benzene rings is 1. The second kappa shape index (κ2) is 7.06. The Bertz CT molecular complexity index is 503. The molecule has 0 aliphatic heterocycles. The zero-order valence-electron chi connectivity index (χ0n) is 11.5. The highest BCUT2D eigenvalue weighted by Crippen LogP contribution is 2.30. The first-order chi connectivity index (χ1) is 10.1. The van der Waals surface area contributed by atoms with Gasteiger partial charge in [-0.25, -0.2) is 4.39 Å². The molecular formula is C15H18FNO4. The van der Waals surface area contributed by atoms with Crippen LogP contribution in [0.3, 0.4) is 0 Å². The first-order valence-corrected chi connectivity index (χ1v) is 6.95. The average molecular weight is 295 g/mol. The number of amides is 1. The standard InChI is InChI=1S/C15H18FNO4/c16-12-3-5-13(6-4-12)21-8-7-17-14(18)10-1-2-11(9-10)15(19)20/h3-6,10-11H,1-2,7-9H2,(H,17,18)(H,19,20)/t10-,11+/m0/s1. The van der Waals surface area contributed by atoms with E-state index in [-0.39, 0.29) is 24.2 Å². The van der Waals surface area contributed by atoms with Crippen LogP contribution in [0.5, 0.6) is 5.75 Å². The summed E-state index contributed by atoms with van der Waals surface area (Å²) in [5.74, 6) is -1.37. The highest BCUT2D eigenvalue weighted by molar-refractivity contribution is 5.80. The summed E-state index contributed by atoms with van der Waals surface area (Å²) in [5, 5.41) is 11.6. The van der Waals surface area contributed by atoms with E-state index in [9.17, 15) is 14.0 Å². The second-order valence-corrected chi connectivity index (χ2v) is 5.14. The molecule has 0 bridgehead atoms. The minimum atomic E-state index is -0.829. The SMILES string of the molecule is O=C(O)[C@@H]1CC[C@H](C(=O)NCCOc2ccc(F)cc2)C1. The number of carboxylic acids is 1. The van der Waals surface area contributed by atoms with Crippen molar-refractivity contribution in [1.29, 1.82) is 0 Å². The molecule has 6 heteroatoms. The minimum Gasteiger partial charge on any atom is -0.492 e. The third-order valence-electron chi connectivity index (χ3n) is 3.64. The van der Waals surface area contributed by atoms with Gasteiger partial charge in [-0.05, 0) is 43.5 Å². The van der Waals surface area contributed by atoms with Gasteiger partial charge in [0.25, 0.3) is 0 Å². The van der Waals surface area contributed by atoms with Gasteiger partial charge in [-0.15, -0.1) is 0 Å². The molecule has 0 radical (unpaired) electrons. The largest absolute Gasteiger partial charge is 0.492 e. The molecule has 1 aromatic carbocycles. The van der Waals surface area contributed by atoms with Crippen molar-refractivity contribution in [1.82, 2.24) is 5.32 Å². The third-order valence-corrected chi connectivity index (χ3v) is 3.64. The van der Waals surface area contributed by atoms with E-state index < -0.39 is 11.9 Å². The van der Waals surface area contributed by atoms with Gasteiger partial charge in [0, 0.05) is 5.92 Å². The van der Waals surface area contributed by atoms with Crippen molar-refractivity contribution in [2.75, 3.05) is 13.2 Å². The summed E-state index contributed by atoms with van der Waals surface area (Å²) >= 11 is 0. The molecule has 5 nitrogen and oxygen atoms in total. The van der Waals surface area contributed by atoms with Crippen molar-refractivity contribution >= 4 is 11.9 Å². The van der Waals surface area contributed by atoms with Crippen molar-refractivity contribution in [3.8, 4) is 5.75 Å². The molecule has 0 unspecified atom stereocenters. The number of aliphatic carboxylic acids is 1. The molecular weight excluding hydrogens is 277 g/mol. The summed E-state index contributed by atoms with van der Waals surface area (Å²) in [6.07, 6.45) is 1.57. The Morgan fingerprint density at radius 3 is 2.52 bits per heavy atom. The van der Waals surface area contributed by atoms with Crippen LogP contribution in [0.15, 0.2) is 24.3 Å². The van der Waals surface area contributed by atoms with Crippen molar-refractivity contribution in [3.05, 3.63) is 30.1 Å². The molecule has 1 fully saturated rings. The van der Waals surface area contributed by atoms with Gasteiger partial charge in [0.15, 0.2) is 0 Å². The van der Waals surface area contributed by atoms with Crippen LogP contribution in [0.2, 0.25) is 0 Å². The van der Waals surface area contributed by atoms with E-state index in [2.05, 4.69) is 5.32 Å². The molecule has 2 N–H and O–H groups in total. The Kier molecular flexibility index (Phi) is 5.14. The Balaban J connectivity index is 1.66. The maximum atomic E-state index is 12.7. The van der Waals surface area contributed by atoms with Crippen LogP contribution >= 0.6 is 0 Å². The Hall–Kier alpha value is -2.11. The molecule has 1 aliphatic rings. The fraction of sp³-hybridized carbons (Fsp3) is 0.467. The summed E-state index contributed by atoms with van der Waals surface area (Å²) in [4.78, 5) is 22.7. The van der Waals surface area contributed by atoms with Crippen LogP contribution in [-0.4, -0.2) is 30.1 Å². The van der Waals surface area contributed by atoms with E-state index in [1.807, 2.05) is 0 Å². The smallest absolute Gasteiger partial charge is 0.306 e. The van der Waals surface area contributed by atoms with Gasteiger partial charge in [0.1, 0.15) is 18.2 Å². The van der Waals surface area contributed by atoms with Crippen molar-refractivity contribution < 1.29 is 23.8 Å². The quantitative estimate of drug-likeness (QED) is 0.785. The molecule has 0 heterocycles. The van der Waals surface area contributed by atoms with E-state index in [1.54, 1.807) is 0 Å². The predicted molar refractivity (Wildman–Crippen MR) is 73.4 cm³/mol. The average Bonchev–Trinajstić information content (AvgIpc) is 2.95. The zero-order valence-corrected chi connectivity index (χ0v) is 11.5. The molecule has 1 amide bonds. The number of carbonyl (C=O) groups is 2. The van der Waals surface area contributed by atoms with Crippen molar-refractivity contribution in [2.24, 2.45) is 11.8 Å². The molecule has 0 spiro atoms. The number of rotatable bonds is 6. The fourth-order valence-electron chi connectivity index (χ4n) is 2.46. The normalized spacial score (nSPS) is 21.0. The van der Waals surface area contributed by atoms with Gasteiger partial charge >= 0.3 is 5.97 Å². The number of hydrogen-bond donors (Lipinski definition) is 2. The predicted octanol–water partition coefficient (Wildman–Crippen LogP) is 1.82. The van der Waals surface area contributed by atoms with Gasteiger partial charge in [-0.3, -0.25) is 9.59 Å². The first-order valence-electron chi connectivity index (χ1n) is 6.95. The molecule has 21 heavy (non-hydrogen) atoms. The van der Waals surface area contributed by atoms with Gasteiger partial charge < -0.3 is 15.2 Å². The van der Waals surface area contributed by atoms with Gasteiger partial charge in [-0.1, -0.05) is 0 Å². The van der Waals surface area contributed by atoms with E-state index in [0.717, 1.165) is 0 Å². The molecule has 114 valence electrons. The monoisotopic (exact) mass is 295 g/mol. The Morgan fingerprint density at radius 2 is 1.90 bits per heavy atom. The van der Waals surface area contributed by atoms with Gasteiger partial charge in [0.2, 0.25) is 5.91 Å². The highest BCUT2D eigenvalue weighted by Gasteiger charge is 2.33. The Morgan fingerprint density at radius 1 is 1.24 bits per heavy atom. The number of hydrogen-bond acceptors (Lipinski definition) is 3. The third kappa shape index (κ3) is 4.44. The molecule has 1 saturated carbocycles. The van der Waals surface area contributed by atoms with Gasteiger partial charge in [0.05, 0.1) is 12.5 Å². The van der Waals surface area contributed by atoms with Crippen molar-refractivity contribution in [3.63, 3.8) is 0 Å². The van der Waals surface area contributed by atoms with Gasteiger partial charge in [-0.2, -0.15) is 0 Å². The molecule has 2 rings (SSSR count). The number of carboxylic acid groups (broad SMARTS) is 1. The molecule has 1 aliphatic carbocycles. The fourth-order valence-corrected chi connectivity index (χ4v) is 2.46. The maximum Gasteiger partial charge on any atom is 0.306 e. The lowest BCUT2D eigenvalue weighted by Crippen LogP contribution is -2.33. The minimum absolute atomic E-state index is 0.124. The van der Waals surface area contributed by atoms with E-state index in [4.69, 9.17) is 9.84 Å². The Labute approximate surface area is 122 Å². The van der Waals surface area contributed by atoms with E-state index in [0.29, 0.717) is 31.6 Å². The molecule has 2 atom stereocenters. The number of nitrogens with one attached hydrogen (secondary N) is 1. The van der Waals surface area contributed by atoms with Crippen LogP contribution in [-0.2, 0) is 9.59 Å². The van der Waals surface area contributed by atoms with Crippen LogP contribution in [0.1, 0.15) is 19.3 Å². The zero-order chi connectivity index (χ0) is 15.2. The second-order valence-electron chi connectivity index (χ2n) is 5.14. The maximum absolute atomic E-state index is 12.7. The van der Waals surface area contributed by atoms with Crippen LogP contribution in [0.4, 0.5) is 4.39 Å². The first kappa shape index (κ1) is 15.3. The molecule has 1 aromatic rings. The van der Waals surface area contributed by atoms with Crippen LogP contribution in [0, 0.1) is 17.7 Å². The summed E-state index contributed by atoms with van der Waals surface area (Å²) in [6.45, 7) is 0.622. The number of carbonyl (C=O) groups excluding carboxylic acids is 1. The molecule has 0 aromatic heterocycles. The highest BCUT2D eigenvalue weighted by atomic mass is 19.1.